The zero-order valence-electron chi connectivity index (χ0n) is 11.9. The standard InChI is InChI=1S/C15H17BrN2O3/c1-10(15(19)17-9-12-4-3-7-21-12)18-11-5-6-14(20-2)13(16)8-11/h3-8,10,18H,9H2,1-2H3,(H,17,19). The van der Waals surface area contributed by atoms with Crippen molar-refractivity contribution in [1.29, 1.82) is 0 Å². The number of methoxy groups -OCH3 is 1. The van der Waals surface area contributed by atoms with E-state index in [0.29, 0.717) is 6.54 Å². The molecule has 0 aliphatic carbocycles. The Labute approximate surface area is 131 Å². The number of furan rings is 1. The van der Waals surface area contributed by atoms with Gasteiger partial charge in [-0.25, -0.2) is 0 Å². The first-order valence-corrected chi connectivity index (χ1v) is 7.29. The van der Waals surface area contributed by atoms with Gasteiger partial charge in [0, 0.05) is 5.69 Å². The number of anilines is 1. The largest absolute Gasteiger partial charge is 0.496 e. The third kappa shape index (κ3) is 4.26. The summed E-state index contributed by atoms with van der Waals surface area (Å²) in [7, 11) is 1.61. The highest BCUT2D eigenvalue weighted by Gasteiger charge is 2.13. The van der Waals surface area contributed by atoms with E-state index in [9.17, 15) is 4.79 Å². The summed E-state index contributed by atoms with van der Waals surface area (Å²) in [6, 6.07) is 8.81. The van der Waals surface area contributed by atoms with E-state index in [1.165, 1.54) is 0 Å². The molecule has 2 aromatic rings. The number of benzene rings is 1. The molecule has 1 aromatic carbocycles. The molecule has 0 spiro atoms. The van der Waals surface area contributed by atoms with Crippen molar-refractivity contribution in [3.8, 4) is 5.75 Å². The molecule has 6 heteroatoms. The highest BCUT2D eigenvalue weighted by molar-refractivity contribution is 9.10. The minimum atomic E-state index is -0.361. The molecular formula is C15H17BrN2O3. The first-order chi connectivity index (χ1) is 10.1. The van der Waals surface area contributed by atoms with Gasteiger partial charge in [-0.3, -0.25) is 4.79 Å². The molecule has 1 atom stereocenters. The number of carbonyl (C=O) groups is 1. The average molecular weight is 353 g/mol. The van der Waals surface area contributed by atoms with Crippen LogP contribution in [0.15, 0.2) is 45.5 Å². The van der Waals surface area contributed by atoms with Gasteiger partial charge in [0.25, 0.3) is 0 Å². The minimum absolute atomic E-state index is 0.0988. The van der Waals surface area contributed by atoms with E-state index in [1.54, 1.807) is 26.4 Å². The van der Waals surface area contributed by atoms with E-state index in [0.717, 1.165) is 21.7 Å². The molecule has 0 saturated heterocycles. The van der Waals surface area contributed by atoms with Gasteiger partial charge in [0.15, 0.2) is 0 Å². The van der Waals surface area contributed by atoms with Gasteiger partial charge in [-0.1, -0.05) is 0 Å². The Balaban J connectivity index is 1.89. The van der Waals surface area contributed by atoms with Crippen molar-refractivity contribution in [3.05, 3.63) is 46.8 Å². The van der Waals surface area contributed by atoms with Crippen molar-refractivity contribution in [2.75, 3.05) is 12.4 Å². The fourth-order valence-electron chi connectivity index (χ4n) is 1.81. The molecule has 0 aliphatic rings. The normalized spacial score (nSPS) is 11.8. The maximum atomic E-state index is 12.0. The number of hydrogen-bond acceptors (Lipinski definition) is 4. The molecule has 1 aromatic heterocycles. The monoisotopic (exact) mass is 352 g/mol. The van der Waals surface area contributed by atoms with Crippen molar-refractivity contribution >= 4 is 27.5 Å². The SMILES string of the molecule is COc1ccc(NC(C)C(=O)NCc2ccco2)cc1Br. The fraction of sp³-hybridized carbons (Fsp3) is 0.267. The van der Waals surface area contributed by atoms with Crippen LogP contribution in [0.25, 0.3) is 0 Å². The van der Waals surface area contributed by atoms with Gasteiger partial charge in [0.05, 0.1) is 24.4 Å². The third-order valence-corrected chi connectivity index (χ3v) is 3.56. The van der Waals surface area contributed by atoms with Crippen LogP contribution in [0.2, 0.25) is 0 Å². The number of rotatable bonds is 6. The molecule has 1 heterocycles. The molecule has 21 heavy (non-hydrogen) atoms. The summed E-state index contributed by atoms with van der Waals surface area (Å²) in [6.45, 7) is 2.18. The van der Waals surface area contributed by atoms with Crippen LogP contribution in [-0.4, -0.2) is 19.1 Å². The summed E-state index contributed by atoms with van der Waals surface area (Å²) in [6.07, 6.45) is 1.58. The number of carbonyl (C=O) groups excluding carboxylic acids is 1. The zero-order chi connectivity index (χ0) is 15.2. The highest BCUT2D eigenvalue weighted by atomic mass is 79.9. The van der Waals surface area contributed by atoms with Crippen LogP contribution in [0.5, 0.6) is 5.75 Å². The van der Waals surface area contributed by atoms with Gasteiger partial charge in [0.1, 0.15) is 17.6 Å². The quantitative estimate of drug-likeness (QED) is 0.837. The van der Waals surface area contributed by atoms with E-state index in [1.807, 2.05) is 24.3 Å². The van der Waals surface area contributed by atoms with Crippen LogP contribution < -0.4 is 15.4 Å². The van der Waals surface area contributed by atoms with Crippen molar-refractivity contribution in [3.63, 3.8) is 0 Å². The summed E-state index contributed by atoms with van der Waals surface area (Å²) in [4.78, 5) is 12.0. The lowest BCUT2D eigenvalue weighted by Gasteiger charge is -2.15. The Hall–Kier alpha value is -1.95. The summed E-state index contributed by atoms with van der Waals surface area (Å²) in [5.41, 5.74) is 0.836. The van der Waals surface area contributed by atoms with Crippen LogP contribution in [0.4, 0.5) is 5.69 Å². The first kappa shape index (κ1) is 15.4. The van der Waals surface area contributed by atoms with Gasteiger partial charge < -0.3 is 19.8 Å². The molecule has 1 unspecified atom stereocenters. The van der Waals surface area contributed by atoms with E-state index in [4.69, 9.17) is 9.15 Å². The summed E-state index contributed by atoms with van der Waals surface area (Å²) >= 11 is 3.41. The number of amides is 1. The maximum Gasteiger partial charge on any atom is 0.242 e. The van der Waals surface area contributed by atoms with Crippen LogP contribution in [-0.2, 0) is 11.3 Å². The van der Waals surface area contributed by atoms with Crippen molar-refractivity contribution in [1.82, 2.24) is 5.32 Å². The Morgan fingerprint density at radius 2 is 2.24 bits per heavy atom. The Morgan fingerprint density at radius 1 is 1.43 bits per heavy atom. The van der Waals surface area contributed by atoms with Crippen molar-refractivity contribution < 1.29 is 13.9 Å². The van der Waals surface area contributed by atoms with Crippen LogP contribution >= 0.6 is 15.9 Å². The summed E-state index contributed by atoms with van der Waals surface area (Å²) in [5, 5.41) is 5.95. The Morgan fingerprint density at radius 3 is 2.86 bits per heavy atom. The van der Waals surface area contributed by atoms with Crippen LogP contribution in [0.3, 0.4) is 0 Å². The second-order valence-electron chi connectivity index (χ2n) is 4.51. The van der Waals surface area contributed by atoms with Crippen LogP contribution in [0.1, 0.15) is 12.7 Å². The molecule has 0 radical (unpaired) electrons. The average Bonchev–Trinajstić information content (AvgIpc) is 2.98. The molecule has 0 bridgehead atoms. The lowest BCUT2D eigenvalue weighted by molar-refractivity contribution is -0.121. The van der Waals surface area contributed by atoms with Gasteiger partial charge in [-0.05, 0) is 53.2 Å². The number of nitrogens with one attached hydrogen (secondary N) is 2. The number of hydrogen-bond donors (Lipinski definition) is 2. The van der Waals surface area contributed by atoms with E-state index in [-0.39, 0.29) is 11.9 Å². The first-order valence-electron chi connectivity index (χ1n) is 6.50. The summed E-state index contributed by atoms with van der Waals surface area (Å²) < 4.78 is 11.2. The highest BCUT2D eigenvalue weighted by Crippen LogP contribution is 2.27. The van der Waals surface area contributed by atoms with Gasteiger partial charge >= 0.3 is 0 Å². The Kier molecular flexibility index (Phi) is 5.27. The topological polar surface area (TPSA) is 63.5 Å². The van der Waals surface area contributed by atoms with Crippen molar-refractivity contribution in [2.24, 2.45) is 0 Å². The molecule has 1 amide bonds. The third-order valence-electron chi connectivity index (χ3n) is 2.95. The number of halogens is 1. The molecule has 2 N–H and O–H groups in total. The molecule has 2 rings (SSSR count). The van der Waals surface area contributed by atoms with Gasteiger partial charge in [0.2, 0.25) is 5.91 Å². The second kappa shape index (κ2) is 7.17. The lowest BCUT2D eigenvalue weighted by Crippen LogP contribution is -2.37. The second-order valence-corrected chi connectivity index (χ2v) is 5.37. The van der Waals surface area contributed by atoms with E-state index in [2.05, 4.69) is 26.6 Å². The van der Waals surface area contributed by atoms with Crippen molar-refractivity contribution in [2.45, 2.75) is 19.5 Å². The smallest absolute Gasteiger partial charge is 0.242 e. The predicted octanol–water partition coefficient (Wildman–Crippen LogP) is 3.17. The predicted molar refractivity (Wildman–Crippen MR) is 84.3 cm³/mol. The summed E-state index contributed by atoms with van der Waals surface area (Å²) in [5.74, 6) is 1.37. The van der Waals surface area contributed by atoms with E-state index >= 15 is 0 Å². The minimum Gasteiger partial charge on any atom is -0.496 e. The molecular weight excluding hydrogens is 336 g/mol. The number of ether oxygens (including phenoxy) is 1. The maximum absolute atomic E-state index is 12.0. The molecule has 0 aliphatic heterocycles. The molecule has 0 saturated carbocycles. The molecule has 0 fully saturated rings. The Bertz CT molecular complexity index is 599. The van der Waals surface area contributed by atoms with Gasteiger partial charge in [-0.15, -0.1) is 0 Å². The van der Waals surface area contributed by atoms with Gasteiger partial charge in [-0.2, -0.15) is 0 Å². The lowest BCUT2D eigenvalue weighted by atomic mass is 10.2. The fourth-order valence-corrected chi connectivity index (χ4v) is 2.35. The zero-order valence-corrected chi connectivity index (χ0v) is 13.4. The molecule has 112 valence electrons. The molecule has 5 nitrogen and oxygen atoms in total. The van der Waals surface area contributed by atoms with E-state index < -0.39 is 0 Å². The van der Waals surface area contributed by atoms with Crippen LogP contribution in [0, 0.1) is 0 Å².